The van der Waals surface area contributed by atoms with E-state index < -0.39 is 85.1 Å². The van der Waals surface area contributed by atoms with Crippen LogP contribution in [0, 0.1) is 34.5 Å². The van der Waals surface area contributed by atoms with Crippen molar-refractivity contribution in [1.82, 2.24) is 4.90 Å². The van der Waals surface area contributed by atoms with Crippen LogP contribution in [0.2, 0.25) is 0 Å². The van der Waals surface area contributed by atoms with Crippen LogP contribution in [-0.4, -0.2) is 39.6 Å². The predicted molar refractivity (Wildman–Crippen MR) is 82.8 cm³/mol. The van der Waals surface area contributed by atoms with Crippen molar-refractivity contribution in [2.24, 2.45) is 28.9 Å². The predicted octanol–water partition coefficient (Wildman–Crippen LogP) is 1.16. The Balaban J connectivity index is 1.95. The summed E-state index contributed by atoms with van der Waals surface area (Å²) in [4.78, 5) is 14.7. The number of rotatable bonds is 2. The second kappa shape index (κ2) is 4.29. The molecule has 23 heavy (non-hydrogen) atoms. The SMILES string of the molecule is [2H]C1([2H])C2([2H])C([2H])([2H])C3(O)C([2H])([2H])C1([2H])C([2H])([2H])C([C@@]([2H])(N)C(=O)N1[C@H](C#N)C[C@@H]4C[C@@H]41)(C2([2H])[2H])C3([2H])[2H]. The third-order valence-corrected chi connectivity index (χ3v) is 4.98. The maximum atomic E-state index is 13.9. The molecule has 0 aromatic heterocycles. The molecule has 5 nitrogen and oxygen atoms in total. The fraction of sp³-hybridized carbons (Fsp3) is 0.889. The van der Waals surface area contributed by atoms with Gasteiger partial charge >= 0.3 is 0 Å². The van der Waals surface area contributed by atoms with Gasteiger partial charge in [0.1, 0.15) is 6.04 Å². The normalized spacial score (nSPS) is 84.3. The third-order valence-electron chi connectivity index (χ3n) is 4.98. The molecule has 1 heterocycles. The summed E-state index contributed by atoms with van der Waals surface area (Å²) in [6.45, 7) is 0. The summed E-state index contributed by atoms with van der Waals surface area (Å²) < 4.78 is 131. The quantitative estimate of drug-likeness (QED) is 0.795. The Labute approximate surface area is 157 Å². The molecule has 0 spiro atoms. The molecule has 0 radical (unpaired) electrons. The molecule has 2 unspecified atom stereocenters. The first-order chi connectivity index (χ1) is 16.7. The van der Waals surface area contributed by atoms with Crippen LogP contribution in [0.1, 0.15) is 71.6 Å². The van der Waals surface area contributed by atoms with Crippen LogP contribution in [0.15, 0.2) is 0 Å². The zero-order valence-electron chi connectivity index (χ0n) is 27.0. The lowest BCUT2D eigenvalue weighted by Gasteiger charge is -2.61. The van der Waals surface area contributed by atoms with Gasteiger partial charge in [0.2, 0.25) is 5.91 Å². The van der Waals surface area contributed by atoms with Gasteiger partial charge in [-0.1, -0.05) is 0 Å². The molecule has 0 aromatic rings. The lowest BCUT2D eigenvalue weighted by molar-refractivity contribution is -0.177. The third kappa shape index (κ3) is 1.88. The summed E-state index contributed by atoms with van der Waals surface area (Å²) >= 11 is 0. The Morgan fingerprint density at radius 3 is 2.78 bits per heavy atom. The Bertz CT molecular complexity index is 1100. The zero-order valence-corrected chi connectivity index (χ0v) is 12.0. The molecular weight excluding hydrogens is 290 g/mol. The van der Waals surface area contributed by atoms with Gasteiger partial charge in [-0.25, -0.2) is 0 Å². The van der Waals surface area contributed by atoms with Gasteiger partial charge in [-0.2, -0.15) is 5.26 Å². The number of carbonyl (C=O) groups is 1. The van der Waals surface area contributed by atoms with Crippen LogP contribution in [0.4, 0.5) is 0 Å². The minimum Gasteiger partial charge on any atom is -0.390 e. The largest absolute Gasteiger partial charge is 0.390 e. The number of likely N-dealkylation sites (tertiary alicyclic amines) is 1. The Hall–Kier alpha value is -1.12. The first-order valence-corrected chi connectivity index (χ1v) is 7.44. The molecule has 5 saturated carbocycles. The monoisotopic (exact) mass is 330 g/mol. The molecule has 1 aliphatic heterocycles. The average molecular weight is 331 g/mol. The Morgan fingerprint density at radius 1 is 1.43 bits per heavy atom. The van der Waals surface area contributed by atoms with Crippen molar-refractivity contribution in [3.8, 4) is 6.07 Å². The van der Waals surface area contributed by atoms with Crippen LogP contribution in [0.25, 0.3) is 0 Å². The van der Waals surface area contributed by atoms with Crippen LogP contribution in [0.3, 0.4) is 0 Å². The van der Waals surface area contributed by atoms with Crippen molar-refractivity contribution in [3.05, 3.63) is 0 Å². The number of amides is 1. The molecule has 6 atom stereocenters. The smallest absolute Gasteiger partial charge is 0.241 e. The van der Waals surface area contributed by atoms with Crippen molar-refractivity contribution in [3.63, 3.8) is 0 Å². The molecule has 0 aromatic carbocycles. The van der Waals surface area contributed by atoms with E-state index in [0.29, 0.717) is 6.42 Å². The van der Waals surface area contributed by atoms with Gasteiger partial charge < -0.3 is 15.7 Å². The van der Waals surface area contributed by atoms with Crippen molar-refractivity contribution in [2.45, 2.75) is 74.8 Å². The molecule has 6 aliphatic rings. The zero-order chi connectivity index (χ0) is 29.5. The number of aliphatic hydroxyl groups is 1. The van der Waals surface area contributed by atoms with E-state index in [1.807, 2.05) is 0 Å². The first kappa shape index (κ1) is 5.71. The van der Waals surface area contributed by atoms with Gasteiger partial charge in [0, 0.05) is 25.2 Å². The first-order valence-electron chi connectivity index (χ1n) is 14.9. The number of nitriles is 1. The number of fused-ring (bicyclic) bond motifs is 1. The van der Waals surface area contributed by atoms with E-state index in [9.17, 15) is 15.2 Å². The molecular formula is C18H25N3O2. The lowest BCUT2D eigenvalue weighted by atomic mass is 9.46. The second-order valence-corrected chi connectivity index (χ2v) is 6.53. The van der Waals surface area contributed by atoms with Crippen LogP contribution in [-0.2, 0) is 4.79 Å². The summed E-state index contributed by atoms with van der Waals surface area (Å²) in [7, 11) is 0. The fourth-order valence-corrected chi connectivity index (χ4v) is 3.87. The minimum atomic E-state index is -4.35. The maximum absolute atomic E-state index is 13.9. The summed E-state index contributed by atoms with van der Waals surface area (Å²) in [6, 6.07) is -4.04. The van der Waals surface area contributed by atoms with Crippen LogP contribution < -0.4 is 5.73 Å². The molecule has 5 heteroatoms. The summed E-state index contributed by atoms with van der Waals surface area (Å²) in [5.41, 5.74) is -2.49. The number of piperidine rings is 1. The van der Waals surface area contributed by atoms with Crippen molar-refractivity contribution >= 4 is 5.91 Å². The fourth-order valence-electron chi connectivity index (χ4n) is 3.87. The molecule has 1 amide bonds. The molecule has 3 N–H and O–H groups in total. The lowest BCUT2D eigenvalue weighted by Crippen LogP contribution is -2.64. The molecule has 6 fully saturated rings. The number of hydrogen-bond donors (Lipinski definition) is 2. The molecule has 4 bridgehead atoms. The molecule has 124 valence electrons. The highest BCUT2D eigenvalue weighted by Gasteiger charge is 2.62. The molecule has 1 saturated heterocycles. The minimum absolute atomic E-state index is 0.130. The van der Waals surface area contributed by atoms with Crippen LogP contribution in [0.5, 0.6) is 0 Å². The van der Waals surface area contributed by atoms with E-state index in [1.54, 1.807) is 6.07 Å². The van der Waals surface area contributed by atoms with Gasteiger partial charge in [-0.15, -0.1) is 0 Å². The Kier molecular flexibility index (Phi) is 1.06. The topological polar surface area (TPSA) is 90.3 Å². The standard InChI is InChI=1S/C18H25N3O2/c19-8-13-2-12-3-14(12)21(13)16(22)15(20)17-4-10-1-11(5-17)7-18(23,6-10)9-17/h10-15,23H,1-7,9,20H2/t10?,11?,12-,13+,14+,15+,17?,18?/m1/s1/i1D2,4D2,5D2,6D2,7D2,9D2,10D,11D,15D. The maximum Gasteiger partial charge on any atom is 0.241 e. The van der Waals surface area contributed by atoms with Crippen LogP contribution >= 0.6 is 0 Å². The molecule has 5 aliphatic carbocycles. The number of nitrogens with two attached hydrogens (primary N) is 1. The van der Waals surface area contributed by atoms with E-state index >= 15 is 0 Å². The summed E-state index contributed by atoms with van der Waals surface area (Å²) in [5.74, 6) is -10.2. The highest BCUT2D eigenvalue weighted by Crippen LogP contribution is 2.63. The Morgan fingerprint density at radius 2 is 2.13 bits per heavy atom. The number of carbonyl (C=O) groups excluding carboxylic acids is 1. The number of nitrogens with zero attached hydrogens (tertiary/aromatic N) is 2. The van der Waals surface area contributed by atoms with Gasteiger partial charge in [0.25, 0.3) is 0 Å². The van der Waals surface area contributed by atoms with E-state index in [2.05, 4.69) is 0 Å². The van der Waals surface area contributed by atoms with E-state index in [1.165, 1.54) is 0 Å². The highest BCUT2D eigenvalue weighted by molar-refractivity contribution is 5.84. The molecule has 6 rings (SSSR count). The second-order valence-electron chi connectivity index (χ2n) is 6.53. The highest BCUT2D eigenvalue weighted by atomic mass is 16.3. The van der Waals surface area contributed by atoms with E-state index in [-0.39, 0.29) is 12.3 Å². The van der Waals surface area contributed by atoms with Crippen molar-refractivity contribution < 1.29 is 30.5 Å². The average Bonchev–Trinajstić information content (AvgIpc) is 3.42. The van der Waals surface area contributed by atoms with Gasteiger partial charge in [0.05, 0.1) is 19.1 Å². The van der Waals surface area contributed by atoms with Gasteiger partial charge in [0.15, 0.2) is 0 Å². The van der Waals surface area contributed by atoms with Gasteiger partial charge in [-0.05, 0) is 74.2 Å². The number of hydrogen-bond acceptors (Lipinski definition) is 4. The van der Waals surface area contributed by atoms with E-state index in [0.717, 1.165) is 4.90 Å². The van der Waals surface area contributed by atoms with Crippen molar-refractivity contribution in [2.75, 3.05) is 0 Å². The van der Waals surface area contributed by atoms with Crippen molar-refractivity contribution in [1.29, 1.82) is 5.26 Å². The summed E-state index contributed by atoms with van der Waals surface area (Å²) in [6.07, 6.45) is -24.9. The van der Waals surface area contributed by atoms with Gasteiger partial charge in [-0.3, -0.25) is 4.79 Å². The van der Waals surface area contributed by atoms with E-state index in [4.69, 9.17) is 26.3 Å². The summed E-state index contributed by atoms with van der Waals surface area (Å²) in [5, 5.41) is 21.2.